The summed E-state index contributed by atoms with van der Waals surface area (Å²) < 4.78 is 0. The number of benzene rings is 1. The summed E-state index contributed by atoms with van der Waals surface area (Å²) in [6.45, 7) is -0.0895. The molecule has 1 atom stereocenters. The van der Waals surface area contributed by atoms with Gasteiger partial charge in [-0.2, -0.15) is 4.80 Å². The van der Waals surface area contributed by atoms with Gasteiger partial charge in [-0.25, -0.2) is 0 Å². The first-order valence-corrected chi connectivity index (χ1v) is 5.84. The number of nitro benzene ring substituents is 1. The molecule has 1 aromatic heterocycles. The average molecular weight is 291 g/mol. The quantitative estimate of drug-likeness (QED) is 0.437. The van der Waals surface area contributed by atoms with Gasteiger partial charge >= 0.3 is 0 Å². The highest BCUT2D eigenvalue weighted by molar-refractivity contribution is 5.84. The average Bonchev–Trinajstić information content (AvgIpc) is 2.87. The van der Waals surface area contributed by atoms with Gasteiger partial charge in [0, 0.05) is 18.3 Å². The van der Waals surface area contributed by atoms with Crippen LogP contribution in [-0.4, -0.2) is 43.0 Å². The first-order chi connectivity index (χ1) is 9.97. The maximum atomic E-state index is 11.5. The molecule has 1 aromatic carbocycles. The second-order valence-corrected chi connectivity index (χ2v) is 4.13. The maximum Gasteiger partial charge on any atom is 0.270 e. The Morgan fingerprint density at radius 3 is 2.95 bits per heavy atom. The lowest BCUT2D eigenvalue weighted by molar-refractivity contribution is -0.385. The topological polar surface area (TPSA) is 142 Å². The maximum absolute atomic E-state index is 11.5. The monoisotopic (exact) mass is 291 g/mol. The minimum atomic E-state index is -1.07. The van der Waals surface area contributed by atoms with Crippen LogP contribution in [0.1, 0.15) is 17.5 Å². The van der Waals surface area contributed by atoms with E-state index in [4.69, 9.17) is 0 Å². The van der Waals surface area contributed by atoms with Crippen molar-refractivity contribution in [2.75, 3.05) is 6.54 Å². The third-order valence-electron chi connectivity index (χ3n) is 2.53. The summed E-state index contributed by atoms with van der Waals surface area (Å²) >= 11 is 0. The fourth-order valence-corrected chi connectivity index (χ4v) is 1.51. The van der Waals surface area contributed by atoms with Crippen molar-refractivity contribution in [2.24, 2.45) is 12.0 Å². The molecule has 1 heterocycles. The van der Waals surface area contributed by atoms with E-state index in [9.17, 15) is 20.3 Å². The number of hydrogen-bond acceptors (Lipinski definition) is 8. The normalized spacial score (nSPS) is 12.7. The fraction of sp³-hybridized carbons (Fsp3) is 0.273. The van der Waals surface area contributed by atoms with Crippen molar-refractivity contribution in [3.8, 4) is 5.75 Å². The molecule has 0 saturated heterocycles. The van der Waals surface area contributed by atoms with Crippen LogP contribution in [0.15, 0.2) is 23.2 Å². The third-order valence-corrected chi connectivity index (χ3v) is 2.53. The van der Waals surface area contributed by atoms with Crippen molar-refractivity contribution in [1.29, 1.82) is 0 Å². The van der Waals surface area contributed by atoms with E-state index in [1.807, 2.05) is 0 Å². The van der Waals surface area contributed by atoms with Crippen molar-refractivity contribution < 1.29 is 15.1 Å². The summed E-state index contributed by atoms with van der Waals surface area (Å²) in [5, 5.41) is 42.9. The molecule has 0 amide bonds. The second kappa shape index (κ2) is 6.05. The SMILES string of the molecule is Cn1nnc(C(O)CN=Cc2cc([N+](=O)[O-])ccc2[O-])n1. The van der Waals surface area contributed by atoms with Crippen LogP contribution < -0.4 is 5.11 Å². The lowest BCUT2D eigenvalue weighted by Crippen LogP contribution is -2.05. The van der Waals surface area contributed by atoms with E-state index in [1.165, 1.54) is 11.0 Å². The van der Waals surface area contributed by atoms with Crippen LogP contribution in [-0.2, 0) is 7.05 Å². The van der Waals surface area contributed by atoms with Gasteiger partial charge in [0.2, 0.25) is 5.82 Å². The summed E-state index contributed by atoms with van der Waals surface area (Å²) in [5.41, 5.74) is -0.129. The van der Waals surface area contributed by atoms with Crippen molar-refractivity contribution in [1.82, 2.24) is 20.2 Å². The Morgan fingerprint density at radius 2 is 2.33 bits per heavy atom. The highest BCUT2D eigenvalue weighted by Gasteiger charge is 2.12. The molecule has 0 fully saturated rings. The first kappa shape index (κ1) is 14.5. The Bertz CT molecular complexity index is 683. The van der Waals surface area contributed by atoms with E-state index in [-0.39, 0.29) is 23.6 Å². The van der Waals surface area contributed by atoms with Gasteiger partial charge in [-0.3, -0.25) is 15.1 Å². The number of hydrogen-bond donors (Lipinski definition) is 1. The van der Waals surface area contributed by atoms with Gasteiger partial charge in [-0.15, -0.1) is 10.2 Å². The Kier molecular flexibility index (Phi) is 4.18. The molecule has 0 aliphatic carbocycles. The number of aliphatic imine (C=N–C) groups is 1. The van der Waals surface area contributed by atoms with Crippen molar-refractivity contribution >= 4 is 11.9 Å². The summed E-state index contributed by atoms with van der Waals surface area (Å²) in [6, 6.07) is 3.34. The molecule has 0 saturated carbocycles. The van der Waals surface area contributed by atoms with Crippen LogP contribution in [0.3, 0.4) is 0 Å². The van der Waals surface area contributed by atoms with Gasteiger partial charge in [0.05, 0.1) is 18.5 Å². The molecule has 10 heteroatoms. The molecule has 2 aromatic rings. The van der Waals surface area contributed by atoms with Gasteiger partial charge in [-0.1, -0.05) is 11.8 Å². The lowest BCUT2D eigenvalue weighted by atomic mass is 10.2. The van der Waals surface area contributed by atoms with Crippen LogP contribution in [0.5, 0.6) is 5.75 Å². The standard InChI is InChI=1S/C11H12N6O4/c1-16-14-11(13-15-16)10(19)6-12-5-7-4-8(17(20)21)2-3-9(7)18/h2-5,10,18-19H,6H2,1H3/p-1. The number of non-ortho nitro benzene ring substituents is 1. The molecule has 0 radical (unpaired) electrons. The predicted molar refractivity (Wildman–Crippen MR) is 68.8 cm³/mol. The number of nitrogens with zero attached hydrogens (tertiary/aromatic N) is 6. The number of aryl methyl sites for hydroxylation is 1. The minimum absolute atomic E-state index is 0.0727. The zero-order chi connectivity index (χ0) is 15.4. The van der Waals surface area contributed by atoms with Crippen LogP contribution in [0.2, 0.25) is 0 Å². The zero-order valence-corrected chi connectivity index (χ0v) is 10.9. The molecule has 2 rings (SSSR count). The number of aliphatic hydroxyl groups excluding tert-OH is 1. The Hall–Kier alpha value is -2.88. The molecule has 10 nitrogen and oxygen atoms in total. The number of rotatable bonds is 5. The molecule has 0 bridgehead atoms. The lowest BCUT2D eigenvalue weighted by Gasteiger charge is -2.08. The molecule has 0 aliphatic rings. The highest BCUT2D eigenvalue weighted by Crippen LogP contribution is 2.19. The van der Waals surface area contributed by atoms with Gasteiger partial charge in [0.15, 0.2) is 0 Å². The van der Waals surface area contributed by atoms with Crippen molar-refractivity contribution in [2.45, 2.75) is 6.10 Å². The number of nitro groups is 1. The Labute approximate surface area is 118 Å². The Morgan fingerprint density at radius 1 is 1.57 bits per heavy atom. The fourth-order valence-electron chi connectivity index (χ4n) is 1.51. The molecular formula is C11H11N6O4-. The second-order valence-electron chi connectivity index (χ2n) is 4.13. The molecule has 21 heavy (non-hydrogen) atoms. The van der Waals surface area contributed by atoms with Gasteiger partial charge in [0.25, 0.3) is 5.69 Å². The third kappa shape index (κ3) is 3.57. The summed E-state index contributed by atoms with van der Waals surface area (Å²) in [7, 11) is 1.55. The van der Waals surface area contributed by atoms with E-state index < -0.39 is 16.8 Å². The molecule has 1 unspecified atom stereocenters. The van der Waals surface area contributed by atoms with E-state index in [0.717, 1.165) is 18.2 Å². The minimum Gasteiger partial charge on any atom is -0.872 e. The molecular weight excluding hydrogens is 280 g/mol. The first-order valence-electron chi connectivity index (χ1n) is 5.84. The van der Waals surface area contributed by atoms with Crippen LogP contribution >= 0.6 is 0 Å². The Balaban J connectivity index is 2.07. The van der Waals surface area contributed by atoms with Crippen LogP contribution in [0.4, 0.5) is 5.69 Å². The van der Waals surface area contributed by atoms with Gasteiger partial charge in [0.1, 0.15) is 6.10 Å². The molecule has 1 N–H and O–H groups in total. The van der Waals surface area contributed by atoms with Crippen molar-refractivity contribution in [3.05, 3.63) is 39.7 Å². The van der Waals surface area contributed by atoms with Gasteiger partial charge < -0.3 is 10.2 Å². The van der Waals surface area contributed by atoms with Crippen molar-refractivity contribution in [3.63, 3.8) is 0 Å². The summed E-state index contributed by atoms with van der Waals surface area (Å²) in [4.78, 5) is 15.1. The number of aromatic nitrogens is 4. The van der Waals surface area contributed by atoms with E-state index in [1.54, 1.807) is 7.05 Å². The zero-order valence-electron chi connectivity index (χ0n) is 10.9. The largest absolute Gasteiger partial charge is 0.872 e. The van der Waals surface area contributed by atoms with E-state index >= 15 is 0 Å². The summed E-state index contributed by atoms with van der Waals surface area (Å²) in [5.74, 6) is -0.285. The van der Waals surface area contributed by atoms with Gasteiger partial charge in [-0.05, 0) is 10.8 Å². The molecule has 110 valence electrons. The van der Waals surface area contributed by atoms with E-state index in [0.29, 0.717) is 0 Å². The predicted octanol–water partition coefficient (Wildman–Crippen LogP) is -0.656. The highest BCUT2D eigenvalue weighted by atomic mass is 16.6. The number of aliphatic hydroxyl groups is 1. The van der Waals surface area contributed by atoms with Crippen LogP contribution in [0.25, 0.3) is 0 Å². The molecule has 0 aliphatic heterocycles. The van der Waals surface area contributed by atoms with E-state index in [2.05, 4.69) is 20.4 Å². The number of tetrazole rings is 1. The smallest absolute Gasteiger partial charge is 0.270 e. The van der Waals surface area contributed by atoms with Crippen LogP contribution in [0, 0.1) is 10.1 Å². The summed E-state index contributed by atoms with van der Waals surface area (Å²) in [6.07, 6.45) is 0.110. The molecule has 0 spiro atoms.